The van der Waals surface area contributed by atoms with Crippen molar-refractivity contribution in [1.82, 2.24) is 20.0 Å². The van der Waals surface area contributed by atoms with Crippen molar-refractivity contribution in [3.63, 3.8) is 0 Å². The zero-order chi connectivity index (χ0) is 25.4. The molecule has 1 saturated carbocycles. The molecule has 4 aliphatic rings. The number of fused-ring (bicyclic) bond motifs is 1. The fourth-order valence-corrected chi connectivity index (χ4v) is 6.85. The molecule has 2 unspecified atom stereocenters. The molecule has 5 rings (SSSR count). The van der Waals surface area contributed by atoms with E-state index in [0.29, 0.717) is 67.4 Å². The molecule has 2 N–H and O–H groups in total. The maximum atomic E-state index is 13.0. The van der Waals surface area contributed by atoms with Crippen molar-refractivity contribution in [3.05, 3.63) is 33.8 Å². The molecule has 196 valence electrons. The van der Waals surface area contributed by atoms with E-state index >= 15 is 0 Å². The predicted octanol–water partition coefficient (Wildman–Crippen LogP) is 1.80. The first-order valence-corrected chi connectivity index (χ1v) is 13.7. The predicted molar refractivity (Wildman–Crippen MR) is 137 cm³/mol. The molecular formula is C26H34Cl2N4O4. The number of amides is 3. The summed E-state index contributed by atoms with van der Waals surface area (Å²) in [7, 11) is 0. The van der Waals surface area contributed by atoms with Gasteiger partial charge in [-0.05, 0) is 61.3 Å². The first-order chi connectivity index (χ1) is 17.2. The van der Waals surface area contributed by atoms with Crippen LogP contribution >= 0.6 is 23.2 Å². The minimum absolute atomic E-state index is 0.00324. The monoisotopic (exact) mass is 536 g/mol. The van der Waals surface area contributed by atoms with Crippen LogP contribution in [0.4, 0.5) is 0 Å². The Bertz CT molecular complexity index is 983. The van der Waals surface area contributed by atoms with E-state index in [1.54, 1.807) is 11.0 Å². The molecule has 3 amide bonds. The first-order valence-electron chi connectivity index (χ1n) is 12.9. The Balaban J connectivity index is 1.02. The summed E-state index contributed by atoms with van der Waals surface area (Å²) >= 11 is 12.1. The van der Waals surface area contributed by atoms with Gasteiger partial charge in [0.25, 0.3) is 0 Å². The van der Waals surface area contributed by atoms with Crippen LogP contribution in [0.15, 0.2) is 18.2 Å². The highest BCUT2D eigenvalue weighted by Gasteiger charge is 2.44. The summed E-state index contributed by atoms with van der Waals surface area (Å²) in [5.74, 6) is 1.21. The third kappa shape index (κ3) is 5.98. The lowest BCUT2D eigenvalue weighted by Crippen LogP contribution is -2.55. The van der Waals surface area contributed by atoms with Crippen LogP contribution in [0.1, 0.15) is 31.2 Å². The van der Waals surface area contributed by atoms with Gasteiger partial charge in [0.2, 0.25) is 17.7 Å². The third-order valence-corrected chi connectivity index (χ3v) is 8.64. The Kier molecular flexibility index (Phi) is 7.77. The Morgan fingerprint density at radius 3 is 2.22 bits per heavy atom. The fourth-order valence-electron chi connectivity index (χ4n) is 6.28. The molecule has 3 aliphatic heterocycles. The lowest BCUT2D eigenvalue weighted by molar-refractivity contribution is -0.142. The van der Waals surface area contributed by atoms with Crippen LogP contribution in [0.25, 0.3) is 0 Å². The van der Waals surface area contributed by atoms with Crippen LogP contribution in [0.3, 0.4) is 0 Å². The van der Waals surface area contributed by atoms with Crippen molar-refractivity contribution in [2.75, 3.05) is 45.8 Å². The van der Waals surface area contributed by atoms with Gasteiger partial charge in [0, 0.05) is 67.7 Å². The maximum absolute atomic E-state index is 13.0. The Morgan fingerprint density at radius 1 is 0.917 bits per heavy atom. The van der Waals surface area contributed by atoms with Crippen molar-refractivity contribution in [2.24, 2.45) is 17.8 Å². The molecule has 1 aromatic carbocycles. The molecule has 3 saturated heterocycles. The number of hydrogen-bond donors (Lipinski definition) is 2. The van der Waals surface area contributed by atoms with E-state index in [-0.39, 0.29) is 35.8 Å². The molecule has 10 heteroatoms. The Labute approximate surface area is 221 Å². The topological polar surface area (TPSA) is 93.2 Å². The lowest BCUT2D eigenvalue weighted by Gasteiger charge is -2.36. The van der Waals surface area contributed by atoms with Crippen LogP contribution < -0.4 is 5.32 Å². The number of nitrogens with zero attached hydrogens (tertiary/aromatic N) is 3. The number of nitrogens with one attached hydrogen (secondary N) is 1. The minimum Gasteiger partial charge on any atom is -0.389 e. The number of likely N-dealkylation sites (tertiary alicyclic amines) is 3. The molecule has 1 aromatic rings. The minimum atomic E-state index is -0.371. The number of carbonyl (C=O) groups is 3. The lowest BCUT2D eigenvalue weighted by atomic mass is 10.0. The van der Waals surface area contributed by atoms with Crippen LogP contribution in [0.2, 0.25) is 10.0 Å². The summed E-state index contributed by atoms with van der Waals surface area (Å²) in [6.45, 7) is 4.24. The number of aliphatic hydroxyl groups excluding tert-OH is 1. The largest absolute Gasteiger partial charge is 0.389 e. The summed E-state index contributed by atoms with van der Waals surface area (Å²) < 4.78 is 0. The highest BCUT2D eigenvalue weighted by Crippen LogP contribution is 2.41. The molecule has 36 heavy (non-hydrogen) atoms. The molecule has 3 atom stereocenters. The SMILES string of the molecule is O=C(N[C@@H]1CCN(C(=O)CCc2cc(Cl)cc(Cl)c2)C1)C1CC2CN(CC(=O)N3CC(O)C3)CC2C1. The summed E-state index contributed by atoms with van der Waals surface area (Å²) in [5, 5.41) is 13.7. The van der Waals surface area contributed by atoms with E-state index in [1.807, 2.05) is 17.0 Å². The van der Waals surface area contributed by atoms with E-state index in [4.69, 9.17) is 23.2 Å². The highest BCUT2D eigenvalue weighted by atomic mass is 35.5. The van der Waals surface area contributed by atoms with Crippen LogP contribution in [-0.2, 0) is 20.8 Å². The van der Waals surface area contributed by atoms with Crippen LogP contribution in [0.5, 0.6) is 0 Å². The normalized spacial score (nSPS) is 28.3. The van der Waals surface area contributed by atoms with E-state index in [1.165, 1.54) is 0 Å². The number of benzene rings is 1. The smallest absolute Gasteiger partial charge is 0.236 e. The first kappa shape index (κ1) is 25.8. The highest BCUT2D eigenvalue weighted by molar-refractivity contribution is 6.34. The number of aryl methyl sites for hydroxylation is 1. The van der Waals surface area contributed by atoms with Crippen molar-refractivity contribution in [3.8, 4) is 0 Å². The summed E-state index contributed by atoms with van der Waals surface area (Å²) in [6, 6.07) is 5.35. The van der Waals surface area contributed by atoms with Gasteiger partial charge < -0.3 is 20.2 Å². The van der Waals surface area contributed by atoms with Crippen molar-refractivity contribution in [1.29, 1.82) is 0 Å². The quantitative estimate of drug-likeness (QED) is 0.554. The zero-order valence-corrected chi connectivity index (χ0v) is 21.9. The number of rotatable bonds is 7. The van der Waals surface area contributed by atoms with Gasteiger partial charge in [-0.15, -0.1) is 0 Å². The van der Waals surface area contributed by atoms with Gasteiger partial charge in [0.15, 0.2) is 0 Å². The third-order valence-electron chi connectivity index (χ3n) is 8.21. The Morgan fingerprint density at radius 2 is 1.58 bits per heavy atom. The second kappa shape index (κ2) is 10.9. The van der Waals surface area contributed by atoms with Gasteiger partial charge in [-0.3, -0.25) is 19.3 Å². The van der Waals surface area contributed by atoms with Crippen molar-refractivity contribution >= 4 is 40.9 Å². The van der Waals surface area contributed by atoms with E-state index in [2.05, 4.69) is 10.2 Å². The van der Waals surface area contributed by atoms with E-state index in [9.17, 15) is 19.5 Å². The van der Waals surface area contributed by atoms with Crippen LogP contribution in [-0.4, -0.2) is 95.5 Å². The van der Waals surface area contributed by atoms with Crippen LogP contribution in [0, 0.1) is 17.8 Å². The van der Waals surface area contributed by atoms with Crippen molar-refractivity contribution < 1.29 is 19.5 Å². The summed E-state index contributed by atoms with van der Waals surface area (Å²) in [4.78, 5) is 43.7. The summed E-state index contributed by atoms with van der Waals surface area (Å²) in [6.07, 6.45) is 3.11. The molecule has 0 bridgehead atoms. The fraction of sp³-hybridized carbons (Fsp3) is 0.654. The molecular weight excluding hydrogens is 503 g/mol. The van der Waals surface area contributed by atoms with E-state index in [0.717, 1.165) is 37.9 Å². The molecule has 3 heterocycles. The number of carbonyl (C=O) groups excluding carboxylic acids is 3. The van der Waals surface area contributed by atoms with Gasteiger partial charge in [0.1, 0.15) is 0 Å². The molecule has 0 spiro atoms. The second-order valence-corrected chi connectivity index (χ2v) is 11.8. The standard InChI is InChI=1S/C26H34Cl2N4O4/c27-20-5-16(6-21(28)9-20)1-2-24(34)31-4-3-22(12-31)29-26(36)17-7-18-10-30(11-19(18)8-17)15-25(35)32-13-23(33)14-32/h5-6,9,17-19,22-23,33H,1-4,7-8,10-15H2,(H,29,36)/t17?,18?,19?,22-/m1/s1. The average Bonchev–Trinajstić information content (AvgIpc) is 3.50. The molecule has 0 radical (unpaired) electrons. The number of hydrogen-bond acceptors (Lipinski definition) is 5. The van der Waals surface area contributed by atoms with Gasteiger partial charge in [-0.1, -0.05) is 23.2 Å². The van der Waals surface area contributed by atoms with Crippen molar-refractivity contribution in [2.45, 2.75) is 44.2 Å². The average molecular weight is 537 g/mol. The number of halogens is 2. The maximum Gasteiger partial charge on any atom is 0.236 e. The molecule has 4 fully saturated rings. The van der Waals surface area contributed by atoms with Gasteiger partial charge in [-0.25, -0.2) is 0 Å². The second-order valence-electron chi connectivity index (χ2n) is 10.9. The molecule has 1 aliphatic carbocycles. The zero-order valence-electron chi connectivity index (χ0n) is 20.4. The molecule has 0 aromatic heterocycles. The number of aliphatic hydroxyl groups is 1. The van der Waals surface area contributed by atoms with Gasteiger partial charge >= 0.3 is 0 Å². The summed E-state index contributed by atoms with van der Waals surface area (Å²) in [5.41, 5.74) is 0.943. The Hall–Kier alpha value is -1.87. The van der Waals surface area contributed by atoms with Gasteiger partial charge in [0.05, 0.1) is 12.6 Å². The van der Waals surface area contributed by atoms with E-state index < -0.39 is 0 Å². The molecule has 8 nitrogen and oxygen atoms in total. The number of β-amino-alcohol motifs (C(OH)–C–C–N with tert-alkyl or cyclic N) is 1. The van der Waals surface area contributed by atoms with Gasteiger partial charge in [-0.2, -0.15) is 0 Å².